The summed E-state index contributed by atoms with van der Waals surface area (Å²) < 4.78 is 0. The normalized spacial score (nSPS) is 30.0. The van der Waals surface area contributed by atoms with E-state index in [9.17, 15) is 14.7 Å². The smallest absolute Gasteiger partial charge is 0.328 e. The van der Waals surface area contributed by atoms with E-state index in [-0.39, 0.29) is 16.2 Å². The molecule has 0 spiro atoms. The molecule has 1 aliphatic heterocycles. The molecule has 0 aromatic heterocycles. The van der Waals surface area contributed by atoms with Gasteiger partial charge in [0.1, 0.15) is 13.4 Å². The minimum atomic E-state index is -2.33. The van der Waals surface area contributed by atoms with Crippen LogP contribution in [0.2, 0.25) is 18.1 Å². The van der Waals surface area contributed by atoms with Gasteiger partial charge in [0.25, 0.3) is 0 Å². The van der Waals surface area contributed by atoms with Crippen LogP contribution in [-0.4, -0.2) is 41.7 Å². The van der Waals surface area contributed by atoms with Crippen LogP contribution in [0.4, 0.5) is 0 Å². The van der Waals surface area contributed by atoms with Gasteiger partial charge in [-0.05, 0) is 11.3 Å². The minimum Gasteiger partial charge on any atom is -0.480 e. The van der Waals surface area contributed by atoms with Gasteiger partial charge in [-0.1, -0.05) is 33.9 Å². The van der Waals surface area contributed by atoms with Crippen molar-refractivity contribution in [1.29, 1.82) is 0 Å². The van der Waals surface area contributed by atoms with Gasteiger partial charge in [0, 0.05) is 0 Å². The molecule has 0 radical (unpaired) electrons. The molecule has 0 aliphatic carbocycles. The summed E-state index contributed by atoms with van der Waals surface area (Å²) in [7, 11) is -2.33. The molecular formula is C11H21NO3SSi. The van der Waals surface area contributed by atoms with Crippen molar-refractivity contribution >= 4 is 31.6 Å². The number of rotatable bonds is 3. The number of nitrogens with one attached hydrogen (secondary N) is 1. The lowest BCUT2D eigenvalue weighted by atomic mass is 10.0. The van der Waals surface area contributed by atoms with Gasteiger partial charge in [0.05, 0.1) is 0 Å². The molecule has 2 N–H and O–H groups in total. The molecule has 6 heteroatoms. The molecular weight excluding hydrogens is 254 g/mol. The number of Topliss-reactive ketones (excluding diaryl/α,β-unsaturated/α-hetero) is 1. The number of carbonyl (C=O) groups is 2. The topological polar surface area (TPSA) is 66.4 Å². The summed E-state index contributed by atoms with van der Waals surface area (Å²) in [5, 5.41) is 10.7. The molecule has 17 heavy (non-hydrogen) atoms. The average molecular weight is 275 g/mol. The maximum atomic E-state index is 12.2. The van der Waals surface area contributed by atoms with Crippen LogP contribution in [-0.2, 0) is 9.59 Å². The molecule has 0 amide bonds. The molecule has 2 atom stereocenters. The van der Waals surface area contributed by atoms with Gasteiger partial charge in [-0.3, -0.25) is 14.9 Å². The van der Waals surface area contributed by atoms with Crippen molar-refractivity contribution in [2.75, 3.05) is 6.26 Å². The first kappa shape index (κ1) is 14.7. The fraction of sp³-hybridized carbons (Fsp3) is 0.818. The molecule has 0 aromatic rings. The standard InChI is InChI=1S/C11H21NO3SSi/c1-10(2,3)17(5,6)11(9(14)15)7(13)8(12-11)16-4/h8,12H,1-6H3,(H,14,15). The Bertz CT molecular complexity index is 364. The van der Waals surface area contributed by atoms with Gasteiger partial charge in [-0.2, -0.15) is 0 Å². The summed E-state index contributed by atoms with van der Waals surface area (Å²) in [6.45, 7) is 10.0. The zero-order chi connectivity index (χ0) is 13.6. The van der Waals surface area contributed by atoms with E-state index >= 15 is 0 Å². The minimum absolute atomic E-state index is 0.155. The number of ketones is 1. The van der Waals surface area contributed by atoms with Crippen LogP contribution in [0.1, 0.15) is 20.8 Å². The van der Waals surface area contributed by atoms with Crippen molar-refractivity contribution < 1.29 is 14.7 Å². The second kappa shape index (κ2) is 4.10. The van der Waals surface area contributed by atoms with Gasteiger partial charge < -0.3 is 5.11 Å². The number of carboxylic acids is 1. The van der Waals surface area contributed by atoms with Gasteiger partial charge in [0.2, 0.25) is 0 Å². The monoisotopic (exact) mass is 275 g/mol. The Morgan fingerprint density at radius 2 is 1.94 bits per heavy atom. The zero-order valence-corrected chi connectivity index (χ0v) is 13.1. The van der Waals surface area contributed by atoms with E-state index in [0.717, 1.165) is 0 Å². The zero-order valence-electron chi connectivity index (χ0n) is 11.2. The lowest BCUT2D eigenvalue weighted by Gasteiger charge is -2.56. The van der Waals surface area contributed by atoms with Gasteiger partial charge in [-0.25, -0.2) is 0 Å². The Labute approximate surface area is 108 Å². The van der Waals surface area contributed by atoms with Crippen molar-refractivity contribution in [3.63, 3.8) is 0 Å². The second-order valence-corrected chi connectivity index (χ2v) is 12.5. The number of hydrogen-bond acceptors (Lipinski definition) is 4. The molecule has 1 saturated heterocycles. The number of aliphatic carboxylic acids is 1. The highest BCUT2D eigenvalue weighted by Gasteiger charge is 2.70. The third kappa shape index (κ3) is 1.77. The van der Waals surface area contributed by atoms with E-state index < -0.39 is 19.2 Å². The maximum Gasteiger partial charge on any atom is 0.328 e. The molecule has 1 fully saturated rings. The van der Waals surface area contributed by atoms with E-state index in [1.807, 2.05) is 40.1 Å². The van der Waals surface area contributed by atoms with E-state index in [1.54, 1.807) is 0 Å². The Morgan fingerprint density at radius 3 is 2.18 bits per heavy atom. The molecule has 0 bridgehead atoms. The van der Waals surface area contributed by atoms with Gasteiger partial charge in [0.15, 0.2) is 10.9 Å². The van der Waals surface area contributed by atoms with Crippen LogP contribution in [0, 0.1) is 0 Å². The lowest BCUT2D eigenvalue weighted by molar-refractivity contribution is -0.151. The largest absolute Gasteiger partial charge is 0.480 e. The highest BCUT2D eigenvalue weighted by molar-refractivity contribution is 8.00. The lowest BCUT2D eigenvalue weighted by Crippen LogP contribution is -2.86. The Hall–Kier alpha value is -0.333. The van der Waals surface area contributed by atoms with Crippen LogP contribution in [0.25, 0.3) is 0 Å². The van der Waals surface area contributed by atoms with E-state index in [2.05, 4.69) is 5.32 Å². The molecule has 4 nitrogen and oxygen atoms in total. The molecule has 0 aromatic carbocycles. The predicted molar refractivity (Wildman–Crippen MR) is 73.0 cm³/mol. The molecule has 1 heterocycles. The summed E-state index contributed by atoms with van der Waals surface area (Å²) in [4.78, 5) is 23.8. The van der Waals surface area contributed by atoms with Gasteiger partial charge in [-0.15, -0.1) is 11.8 Å². The Morgan fingerprint density at radius 1 is 1.47 bits per heavy atom. The molecule has 1 rings (SSSR count). The van der Waals surface area contributed by atoms with Crippen molar-refractivity contribution in [2.24, 2.45) is 0 Å². The highest BCUT2D eigenvalue weighted by Crippen LogP contribution is 2.47. The average Bonchev–Trinajstić information content (AvgIpc) is 2.13. The number of carbonyl (C=O) groups excluding carboxylic acids is 1. The Balaban J connectivity index is 3.23. The predicted octanol–water partition coefficient (Wildman–Crippen LogP) is 1.72. The molecule has 0 saturated carbocycles. The number of carboxylic acid groups (broad SMARTS) is 1. The van der Waals surface area contributed by atoms with Crippen LogP contribution >= 0.6 is 11.8 Å². The third-order valence-electron chi connectivity index (χ3n) is 4.32. The summed E-state index contributed by atoms with van der Waals surface area (Å²) in [5.41, 5.74) is 0. The number of hydrogen-bond donors (Lipinski definition) is 2. The first-order valence-electron chi connectivity index (χ1n) is 5.60. The van der Waals surface area contributed by atoms with E-state index in [4.69, 9.17) is 0 Å². The summed E-state index contributed by atoms with van der Waals surface area (Å²) in [6.07, 6.45) is 1.81. The van der Waals surface area contributed by atoms with E-state index in [1.165, 1.54) is 11.8 Å². The first-order valence-corrected chi connectivity index (χ1v) is 9.89. The third-order valence-corrected chi connectivity index (χ3v) is 11.4. The van der Waals surface area contributed by atoms with E-state index in [0.29, 0.717) is 0 Å². The highest BCUT2D eigenvalue weighted by atomic mass is 32.2. The summed E-state index contributed by atoms with van der Waals surface area (Å²) in [6, 6.07) is 0. The fourth-order valence-electron chi connectivity index (χ4n) is 2.10. The van der Waals surface area contributed by atoms with Crippen LogP contribution in [0.15, 0.2) is 0 Å². The summed E-state index contributed by atoms with van der Waals surface area (Å²) in [5.74, 6) is -1.18. The van der Waals surface area contributed by atoms with Gasteiger partial charge >= 0.3 is 5.97 Å². The van der Waals surface area contributed by atoms with Crippen LogP contribution < -0.4 is 5.32 Å². The molecule has 98 valence electrons. The van der Waals surface area contributed by atoms with Crippen LogP contribution in [0.3, 0.4) is 0 Å². The number of thioether (sulfide) groups is 1. The van der Waals surface area contributed by atoms with Crippen molar-refractivity contribution in [3.05, 3.63) is 0 Å². The Kier molecular flexibility index (Phi) is 3.55. The van der Waals surface area contributed by atoms with Crippen LogP contribution in [0.5, 0.6) is 0 Å². The van der Waals surface area contributed by atoms with Crippen molar-refractivity contribution in [1.82, 2.24) is 5.32 Å². The quantitative estimate of drug-likeness (QED) is 0.606. The SMILES string of the molecule is CSC1NC(C(=O)O)([Si](C)(C)C(C)(C)C)C1=O. The van der Waals surface area contributed by atoms with Crippen molar-refractivity contribution in [3.8, 4) is 0 Å². The molecule has 1 aliphatic rings. The molecule has 2 unspecified atom stereocenters. The first-order chi connectivity index (χ1) is 7.52. The summed E-state index contributed by atoms with van der Waals surface area (Å²) >= 11 is 1.36. The second-order valence-electron chi connectivity index (χ2n) is 6.05. The fourth-order valence-corrected chi connectivity index (χ4v) is 5.92. The van der Waals surface area contributed by atoms with Crippen molar-refractivity contribution in [2.45, 2.75) is 49.4 Å². The maximum absolute atomic E-state index is 12.2.